The summed E-state index contributed by atoms with van der Waals surface area (Å²) < 4.78 is 35.2. The number of carbonyl (C=O) groups is 1. The van der Waals surface area contributed by atoms with Crippen molar-refractivity contribution in [3.05, 3.63) is 89.5 Å². The third-order valence-electron chi connectivity index (χ3n) is 7.29. The van der Waals surface area contributed by atoms with Gasteiger partial charge in [-0.1, -0.05) is 55.0 Å². The van der Waals surface area contributed by atoms with E-state index >= 15 is 0 Å². The maximum absolute atomic E-state index is 13.5. The van der Waals surface area contributed by atoms with Crippen molar-refractivity contribution >= 4 is 21.6 Å². The summed E-state index contributed by atoms with van der Waals surface area (Å²) in [6, 6.07) is 21.5. The van der Waals surface area contributed by atoms with Gasteiger partial charge in [0.25, 0.3) is 10.0 Å². The van der Waals surface area contributed by atoms with Gasteiger partial charge in [-0.25, -0.2) is 8.42 Å². The van der Waals surface area contributed by atoms with Crippen LogP contribution in [0.5, 0.6) is 5.75 Å². The second-order valence-electron chi connectivity index (χ2n) is 10.8. The van der Waals surface area contributed by atoms with E-state index in [-0.39, 0.29) is 41.9 Å². The minimum Gasteiger partial charge on any atom is -0.488 e. The molecule has 3 aromatic rings. The quantitative estimate of drug-likeness (QED) is 0.406. The van der Waals surface area contributed by atoms with Crippen LogP contribution in [0.3, 0.4) is 0 Å². The standard InChI is InChI=1S/C31H39N3O5S/c1-22-10-13-28(14-11-22)40(37,38)32-27-12-15-29-26(16-27)17-31(36)34(24(3)21-35)18-23(2)30(39-29)20-33(4)19-25-8-6-5-7-9-25/h5-16,23-24,30,32,35H,17-21H2,1-4H3/t23-,24+,30-/m0/s1. The number of hydrogen-bond acceptors (Lipinski definition) is 6. The van der Waals surface area contributed by atoms with E-state index in [1.54, 1.807) is 47.4 Å². The number of sulfonamides is 1. The Morgan fingerprint density at radius 3 is 2.48 bits per heavy atom. The molecular formula is C31H39N3O5S. The summed E-state index contributed by atoms with van der Waals surface area (Å²) in [6.45, 7) is 7.43. The number of anilines is 1. The van der Waals surface area contributed by atoms with E-state index in [1.165, 1.54) is 5.56 Å². The highest BCUT2D eigenvalue weighted by molar-refractivity contribution is 7.92. The Balaban J connectivity index is 1.63. The third kappa shape index (κ3) is 7.41. The normalized spacial score (nSPS) is 18.8. The number of hydrogen-bond donors (Lipinski definition) is 2. The summed E-state index contributed by atoms with van der Waals surface area (Å²) in [5.41, 5.74) is 3.10. The summed E-state index contributed by atoms with van der Waals surface area (Å²) >= 11 is 0. The molecule has 0 aromatic heterocycles. The van der Waals surface area contributed by atoms with Crippen LogP contribution in [0.25, 0.3) is 0 Å². The molecule has 9 heteroatoms. The molecule has 8 nitrogen and oxygen atoms in total. The first-order valence-corrected chi connectivity index (χ1v) is 15.1. The predicted molar refractivity (Wildman–Crippen MR) is 157 cm³/mol. The maximum atomic E-state index is 13.5. The van der Waals surface area contributed by atoms with Gasteiger partial charge < -0.3 is 14.7 Å². The molecule has 0 bridgehead atoms. The van der Waals surface area contributed by atoms with Crippen LogP contribution >= 0.6 is 0 Å². The van der Waals surface area contributed by atoms with Crippen LogP contribution in [0.15, 0.2) is 77.7 Å². The van der Waals surface area contributed by atoms with Gasteiger partial charge >= 0.3 is 0 Å². The first-order valence-electron chi connectivity index (χ1n) is 13.6. The van der Waals surface area contributed by atoms with Crippen molar-refractivity contribution < 1.29 is 23.1 Å². The highest BCUT2D eigenvalue weighted by Crippen LogP contribution is 2.30. The SMILES string of the molecule is Cc1ccc(S(=O)(=O)Nc2ccc3c(c2)CC(=O)N([C@H](C)CO)C[C@H](C)[C@H](CN(C)Cc2ccccc2)O3)cc1. The summed E-state index contributed by atoms with van der Waals surface area (Å²) in [6.07, 6.45) is -0.221. The Morgan fingerprint density at radius 2 is 1.80 bits per heavy atom. The molecule has 214 valence electrons. The highest BCUT2D eigenvalue weighted by atomic mass is 32.2. The Labute approximate surface area is 237 Å². The average molecular weight is 566 g/mol. The molecule has 2 N–H and O–H groups in total. The number of rotatable bonds is 9. The van der Waals surface area contributed by atoms with Crippen LogP contribution in [0.4, 0.5) is 5.69 Å². The third-order valence-corrected chi connectivity index (χ3v) is 8.68. The average Bonchev–Trinajstić information content (AvgIpc) is 2.96. The van der Waals surface area contributed by atoms with E-state index in [0.29, 0.717) is 30.1 Å². The van der Waals surface area contributed by atoms with Crippen molar-refractivity contribution in [1.29, 1.82) is 0 Å². The fourth-order valence-corrected chi connectivity index (χ4v) is 5.96. The first-order chi connectivity index (χ1) is 19.1. The zero-order chi connectivity index (χ0) is 28.9. The number of aliphatic hydroxyl groups excluding tert-OH is 1. The van der Waals surface area contributed by atoms with Gasteiger partial charge in [-0.2, -0.15) is 0 Å². The Hall–Kier alpha value is -3.40. The minimum absolute atomic E-state index is 0.0261. The molecule has 1 amide bonds. The van der Waals surface area contributed by atoms with Crippen LogP contribution in [0, 0.1) is 12.8 Å². The second-order valence-corrected chi connectivity index (χ2v) is 12.5. The van der Waals surface area contributed by atoms with Crippen LogP contribution in [-0.2, 0) is 27.8 Å². The summed E-state index contributed by atoms with van der Waals surface area (Å²) in [5, 5.41) is 9.88. The minimum atomic E-state index is -3.81. The lowest BCUT2D eigenvalue weighted by Crippen LogP contribution is -2.47. The molecule has 1 aliphatic heterocycles. The summed E-state index contributed by atoms with van der Waals surface area (Å²) in [5.74, 6) is 0.381. The molecule has 0 saturated heterocycles. The molecule has 0 unspecified atom stereocenters. The lowest BCUT2D eigenvalue weighted by atomic mass is 10.0. The van der Waals surface area contributed by atoms with E-state index in [2.05, 4.69) is 28.7 Å². The van der Waals surface area contributed by atoms with E-state index < -0.39 is 10.0 Å². The van der Waals surface area contributed by atoms with Gasteiger partial charge in [-0.05, 0) is 56.8 Å². The predicted octanol–water partition coefficient (Wildman–Crippen LogP) is 4.08. The number of aryl methyl sites for hydroxylation is 1. The van der Waals surface area contributed by atoms with Gasteiger partial charge in [-0.15, -0.1) is 0 Å². The zero-order valence-electron chi connectivity index (χ0n) is 23.6. The number of benzene rings is 3. The molecule has 40 heavy (non-hydrogen) atoms. The van der Waals surface area contributed by atoms with Crippen molar-refractivity contribution in [2.75, 3.05) is 31.5 Å². The smallest absolute Gasteiger partial charge is 0.261 e. The molecule has 0 fully saturated rings. The van der Waals surface area contributed by atoms with Gasteiger partial charge in [0.15, 0.2) is 0 Å². The van der Waals surface area contributed by atoms with E-state index in [0.717, 1.165) is 12.1 Å². The Morgan fingerprint density at radius 1 is 1.10 bits per heavy atom. The first kappa shape index (κ1) is 29.6. The maximum Gasteiger partial charge on any atom is 0.261 e. The monoisotopic (exact) mass is 565 g/mol. The van der Waals surface area contributed by atoms with Crippen LogP contribution in [0.2, 0.25) is 0 Å². The number of likely N-dealkylation sites (N-methyl/N-ethyl adjacent to an activating group) is 1. The number of carbonyl (C=O) groups excluding carboxylic acids is 1. The molecule has 1 aliphatic rings. The fourth-order valence-electron chi connectivity index (χ4n) is 4.91. The zero-order valence-corrected chi connectivity index (χ0v) is 24.4. The number of nitrogens with zero attached hydrogens (tertiary/aromatic N) is 2. The summed E-state index contributed by atoms with van der Waals surface area (Å²) in [7, 11) is -1.77. The molecule has 1 heterocycles. The Kier molecular flexibility index (Phi) is 9.50. The molecule has 0 radical (unpaired) electrons. The number of nitrogens with one attached hydrogen (secondary N) is 1. The van der Waals surface area contributed by atoms with Crippen molar-refractivity contribution in [1.82, 2.24) is 9.80 Å². The van der Waals surface area contributed by atoms with Gasteiger partial charge in [0, 0.05) is 36.8 Å². The number of aliphatic hydroxyl groups is 1. The van der Waals surface area contributed by atoms with Crippen LogP contribution in [-0.4, -0.2) is 68.1 Å². The van der Waals surface area contributed by atoms with Gasteiger partial charge in [-0.3, -0.25) is 14.4 Å². The molecule has 0 spiro atoms. The molecule has 3 atom stereocenters. The largest absolute Gasteiger partial charge is 0.488 e. The van der Waals surface area contributed by atoms with E-state index in [9.17, 15) is 18.3 Å². The molecule has 3 aromatic carbocycles. The van der Waals surface area contributed by atoms with Crippen LogP contribution < -0.4 is 9.46 Å². The topological polar surface area (TPSA) is 99.2 Å². The number of fused-ring (bicyclic) bond motifs is 1. The van der Waals surface area contributed by atoms with Gasteiger partial charge in [0.2, 0.25) is 5.91 Å². The lowest BCUT2D eigenvalue weighted by molar-refractivity contribution is -0.134. The molecule has 0 aliphatic carbocycles. The number of ether oxygens (including phenoxy) is 1. The van der Waals surface area contributed by atoms with Gasteiger partial charge in [0.05, 0.1) is 24.0 Å². The number of amides is 1. The molecular weight excluding hydrogens is 526 g/mol. The second kappa shape index (κ2) is 12.8. The van der Waals surface area contributed by atoms with Crippen molar-refractivity contribution in [3.8, 4) is 5.75 Å². The summed E-state index contributed by atoms with van der Waals surface area (Å²) in [4.78, 5) is 17.5. The highest BCUT2D eigenvalue weighted by Gasteiger charge is 2.31. The van der Waals surface area contributed by atoms with E-state index in [4.69, 9.17) is 4.74 Å². The fraction of sp³-hybridized carbons (Fsp3) is 0.387. The molecule has 4 rings (SSSR count). The lowest BCUT2D eigenvalue weighted by Gasteiger charge is -2.34. The van der Waals surface area contributed by atoms with Crippen molar-refractivity contribution in [3.63, 3.8) is 0 Å². The van der Waals surface area contributed by atoms with E-state index in [1.807, 2.05) is 39.1 Å². The van der Waals surface area contributed by atoms with Gasteiger partial charge in [0.1, 0.15) is 11.9 Å². The molecule has 0 saturated carbocycles. The van der Waals surface area contributed by atoms with Crippen LogP contribution in [0.1, 0.15) is 30.5 Å². The van der Waals surface area contributed by atoms with Crippen molar-refractivity contribution in [2.45, 2.75) is 50.8 Å². The van der Waals surface area contributed by atoms with Crippen molar-refractivity contribution in [2.24, 2.45) is 5.92 Å². The Bertz CT molecular complexity index is 1400.